The molecular formula is C31H32O2. The number of rotatable bonds is 10. The zero-order valence-electron chi connectivity index (χ0n) is 19.5. The molecule has 0 aliphatic heterocycles. The quantitative estimate of drug-likeness (QED) is 0.234. The van der Waals surface area contributed by atoms with Gasteiger partial charge in [0.2, 0.25) is 6.29 Å². The number of hydrogen-bond acceptors (Lipinski definition) is 2. The van der Waals surface area contributed by atoms with Crippen molar-refractivity contribution in [1.82, 2.24) is 0 Å². The fourth-order valence-corrected chi connectivity index (χ4v) is 3.94. The average Bonchev–Trinajstić information content (AvgIpc) is 2.88. The zero-order valence-corrected chi connectivity index (χ0v) is 19.5. The van der Waals surface area contributed by atoms with E-state index in [9.17, 15) is 0 Å². The molecule has 0 aromatic heterocycles. The lowest BCUT2D eigenvalue weighted by Crippen LogP contribution is -2.23. The van der Waals surface area contributed by atoms with Crippen molar-refractivity contribution in [3.05, 3.63) is 126 Å². The van der Waals surface area contributed by atoms with Crippen LogP contribution in [0.15, 0.2) is 109 Å². The smallest absolute Gasteiger partial charge is 0.204 e. The Labute approximate surface area is 197 Å². The van der Waals surface area contributed by atoms with Crippen LogP contribution in [0.2, 0.25) is 0 Å². The normalized spacial score (nSPS) is 12.8. The van der Waals surface area contributed by atoms with Crippen LogP contribution in [0, 0.1) is 0 Å². The molecule has 168 valence electrons. The first-order valence-electron chi connectivity index (χ1n) is 11.8. The standard InChI is InChI=1S/C31H32O2/c1-3-24(2)26-18-20-29(21-19-26)33-31(32-23-25-12-6-4-7-13-25)22-28-16-10-11-17-30(28)27-14-8-5-9-15-27/h4-21,24,31H,3,22-23H2,1-2H3. The van der Waals surface area contributed by atoms with E-state index in [4.69, 9.17) is 9.47 Å². The third-order valence-corrected chi connectivity index (χ3v) is 6.10. The van der Waals surface area contributed by atoms with Crippen molar-refractivity contribution < 1.29 is 9.47 Å². The van der Waals surface area contributed by atoms with Crippen LogP contribution in [0.3, 0.4) is 0 Å². The molecule has 4 aromatic rings. The van der Waals surface area contributed by atoms with Gasteiger partial charge >= 0.3 is 0 Å². The number of benzene rings is 4. The zero-order chi connectivity index (χ0) is 22.9. The SMILES string of the molecule is CCC(C)c1ccc(OC(Cc2ccccc2-c2ccccc2)OCc2ccccc2)cc1. The molecule has 0 saturated heterocycles. The Kier molecular flexibility index (Phi) is 7.94. The monoisotopic (exact) mass is 436 g/mol. The summed E-state index contributed by atoms with van der Waals surface area (Å²) in [5, 5.41) is 0. The summed E-state index contributed by atoms with van der Waals surface area (Å²) in [4.78, 5) is 0. The van der Waals surface area contributed by atoms with E-state index >= 15 is 0 Å². The van der Waals surface area contributed by atoms with E-state index in [2.05, 4.69) is 98.8 Å². The maximum absolute atomic E-state index is 6.38. The molecule has 0 bridgehead atoms. The Balaban J connectivity index is 1.55. The van der Waals surface area contributed by atoms with Gasteiger partial charge in [-0.15, -0.1) is 0 Å². The van der Waals surface area contributed by atoms with Crippen LogP contribution in [-0.4, -0.2) is 6.29 Å². The minimum Gasteiger partial charge on any atom is -0.465 e. The van der Waals surface area contributed by atoms with E-state index in [1.54, 1.807) is 0 Å². The molecule has 0 amide bonds. The highest BCUT2D eigenvalue weighted by Crippen LogP contribution is 2.27. The first-order chi connectivity index (χ1) is 16.2. The molecule has 0 radical (unpaired) electrons. The van der Waals surface area contributed by atoms with Crippen LogP contribution in [0.5, 0.6) is 5.75 Å². The predicted octanol–water partition coefficient (Wildman–Crippen LogP) is 8.03. The van der Waals surface area contributed by atoms with Gasteiger partial charge in [0.05, 0.1) is 6.61 Å². The van der Waals surface area contributed by atoms with E-state index in [0.29, 0.717) is 18.9 Å². The Hall–Kier alpha value is -3.36. The lowest BCUT2D eigenvalue weighted by molar-refractivity contribution is -0.0880. The van der Waals surface area contributed by atoms with Gasteiger partial charge in [0, 0.05) is 6.42 Å². The van der Waals surface area contributed by atoms with Gasteiger partial charge in [-0.2, -0.15) is 0 Å². The molecule has 0 heterocycles. The Morgan fingerprint density at radius 2 is 1.33 bits per heavy atom. The highest BCUT2D eigenvalue weighted by molar-refractivity contribution is 5.67. The van der Waals surface area contributed by atoms with Gasteiger partial charge in [-0.1, -0.05) is 111 Å². The van der Waals surface area contributed by atoms with E-state index < -0.39 is 6.29 Å². The lowest BCUT2D eigenvalue weighted by atomic mass is 9.97. The molecule has 4 aromatic carbocycles. The second-order valence-electron chi connectivity index (χ2n) is 8.45. The summed E-state index contributed by atoms with van der Waals surface area (Å²) in [5.41, 5.74) is 6.09. The van der Waals surface area contributed by atoms with Crippen LogP contribution >= 0.6 is 0 Å². The molecule has 4 rings (SSSR count). The minimum atomic E-state index is -0.399. The van der Waals surface area contributed by atoms with Gasteiger partial charge in [-0.3, -0.25) is 0 Å². The molecule has 0 aliphatic rings. The summed E-state index contributed by atoms with van der Waals surface area (Å²) in [6.45, 7) is 4.97. The van der Waals surface area contributed by atoms with Gasteiger partial charge < -0.3 is 9.47 Å². The van der Waals surface area contributed by atoms with Crippen molar-refractivity contribution in [2.24, 2.45) is 0 Å². The van der Waals surface area contributed by atoms with Gasteiger partial charge in [0.25, 0.3) is 0 Å². The van der Waals surface area contributed by atoms with Crippen molar-refractivity contribution in [2.75, 3.05) is 0 Å². The van der Waals surface area contributed by atoms with Crippen LogP contribution in [0.25, 0.3) is 11.1 Å². The molecule has 0 saturated carbocycles. The molecule has 0 aliphatic carbocycles. The Bertz CT molecular complexity index is 1100. The van der Waals surface area contributed by atoms with E-state index in [-0.39, 0.29) is 0 Å². The molecule has 0 N–H and O–H groups in total. The molecule has 2 heteroatoms. The first kappa shape index (κ1) is 22.8. The van der Waals surface area contributed by atoms with Crippen molar-refractivity contribution in [3.63, 3.8) is 0 Å². The maximum Gasteiger partial charge on any atom is 0.204 e. The third-order valence-electron chi connectivity index (χ3n) is 6.10. The molecule has 2 nitrogen and oxygen atoms in total. The molecule has 2 unspecified atom stereocenters. The van der Waals surface area contributed by atoms with Gasteiger partial charge in [-0.05, 0) is 52.3 Å². The van der Waals surface area contributed by atoms with Crippen molar-refractivity contribution in [3.8, 4) is 16.9 Å². The van der Waals surface area contributed by atoms with Crippen LogP contribution in [0.1, 0.15) is 42.9 Å². The maximum atomic E-state index is 6.38. The van der Waals surface area contributed by atoms with E-state index in [1.807, 2.05) is 24.3 Å². The highest BCUT2D eigenvalue weighted by Gasteiger charge is 2.16. The van der Waals surface area contributed by atoms with E-state index in [1.165, 1.54) is 22.3 Å². The average molecular weight is 437 g/mol. The first-order valence-corrected chi connectivity index (χ1v) is 11.8. The van der Waals surface area contributed by atoms with Crippen LogP contribution < -0.4 is 4.74 Å². The fraction of sp³-hybridized carbons (Fsp3) is 0.226. The van der Waals surface area contributed by atoms with Crippen molar-refractivity contribution in [2.45, 2.75) is 45.5 Å². The second kappa shape index (κ2) is 11.5. The molecule has 33 heavy (non-hydrogen) atoms. The van der Waals surface area contributed by atoms with E-state index in [0.717, 1.165) is 17.7 Å². The summed E-state index contributed by atoms with van der Waals surface area (Å²) in [5.74, 6) is 1.37. The van der Waals surface area contributed by atoms with Gasteiger partial charge in [0.15, 0.2) is 0 Å². The lowest BCUT2D eigenvalue weighted by Gasteiger charge is -2.22. The second-order valence-corrected chi connectivity index (χ2v) is 8.45. The highest BCUT2D eigenvalue weighted by atomic mass is 16.7. The minimum absolute atomic E-state index is 0.399. The van der Waals surface area contributed by atoms with Crippen molar-refractivity contribution in [1.29, 1.82) is 0 Å². The molecular weight excluding hydrogens is 404 g/mol. The number of hydrogen-bond donors (Lipinski definition) is 0. The molecule has 0 spiro atoms. The predicted molar refractivity (Wildman–Crippen MR) is 136 cm³/mol. The summed E-state index contributed by atoms with van der Waals surface area (Å²) in [7, 11) is 0. The molecule has 0 fully saturated rings. The molecule has 2 atom stereocenters. The van der Waals surface area contributed by atoms with Gasteiger partial charge in [0.1, 0.15) is 5.75 Å². The third kappa shape index (κ3) is 6.34. The van der Waals surface area contributed by atoms with Crippen LogP contribution in [-0.2, 0) is 17.8 Å². The Morgan fingerprint density at radius 1 is 0.697 bits per heavy atom. The Morgan fingerprint density at radius 3 is 2.03 bits per heavy atom. The largest absolute Gasteiger partial charge is 0.465 e. The van der Waals surface area contributed by atoms with Gasteiger partial charge in [-0.25, -0.2) is 0 Å². The summed E-state index contributed by atoms with van der Waals surface area (Å²) in [6, 6.07) is 37.7. The summed E-state index contributed by atoms with van der Waals surface area (Å²) in [6.07, 6.45) is 1.38. The number of ether oxygens (including phenoxy) is 2. The summed E-state index contributed by atoms with van der Waals surface area (Å²) >= 11 is 0. The fourth-order valence-electron chi connectivity index (χ4n) is 3.94. The summed E-state index contributed by atoms with van der Waals surface area (Å²) < 4.78 is 12.7. The van der Waals surface area contributed by atoms with Crippen LogP contribution in [0.4, 0.5) is 0 Å². The van der Waals surface area contributed by atoms with Crippen molar-refractivity contribution >= 4 is 0 Å². The topological polar surface area (TPSA) is 18.5 Å².